The van der Waals surface area contributed by atoms with Gasteiger partial charge in [0, 0.05) is 24.2 Å². The molecule has 0 aliphatic carbocycles. The summed E-state index contributed by atoms with van der Waals surface area (Å²) in [5.41, 5.74) is 2.67. The molecule has 18 heavy (non-hydrogen) atoms. The van der Waals surface area contributed by atoms with E-state index in [2.05, 4.69) is 66.0 Å². The molecule has 0 saturated carbocycles. The Bertz CT molecular complexity index is 465. The van der Waals surface area contributed by atoms with Gasteiger partial charge in [-0.3, -0.25) is 0 Å². The van der Waals surface area contributed by atoms with Crippen LogP contribution in [0.1, 0.15) is 17.4 Å². The Kier molecular flexibility index (Phi) is 4.79. The van der Waals surface area contributed by atoms with Gasteiger partial charge in [-0.15, -0.1) is 11.3 Å². The second-order valence-electron chi connectivity index (χ2n) is 4.34. The highest BCUT2D eigenvalue weighted by Gasteiger charge is 2.07. The second kappa shape index (κ2) is 6.57. The van der Waals surface area contributed by atoms with Crippen LogP contribution in [0.2, 0.25) is 0 Å². The molecule has 1 heterocycles. The minimum Gasteiger partial charge on any atom is -0.369 e. The number of benzene rings is 1. The van der Waals surface area contributed by atoms with Crippen molar-refractivity contribution >= 4 is 17.0 Å². The fourth-order valence-corrected chi connectivity index (χ4v) is 2.77. The van der Waals surface area contributed by atoms with Gasteiger partial charge in [0.05, 0.1) is 6.54 Å². The van der Waals surface area contributed by atoms with Gasteiger partial charge in [-0.2, -0.15) is 0 Å². The predicted octanol–water partition coefficient (Wildman–Crippen LogP) is 3.49. The third kappa shape index (κ3) is 3.34. The smallest absolute Gasteiger partial charge is 0.0519 e. The van der Waals surface area contributed by atoms with E-state index in [0.717, 1.165) is 19.6 Å². The lowest BCUT2D eigenvalue weighted by molar-refractivity contribution is 0.723. The number of rotatable bonds is 6. The Labute approximate surface area is 113 Å². The molecule has 1 aromatic heterocycles. The van der Waals surface area contributed by atoms with Crippen LogP contribution in [-0.4, -0.2) is 13.6 Å². The van der Waals surface area contributed by atoms with Crippen LogP contribution in [0.25, 0.3) is 0 Å². The molecular formula is C15H20N2S. The van der Waals surface area contributed by atoms with Crippen LogP contribution in [0.5, 0.6) is 0 Å². The molecule has 2 aromatic rings. The van der Waals surface area contributed by atoms with Gasteiger partial charge in [-0.1, -0.05) is 31.2 Å². The molecular weight excluding hydrogens is 240 g/mol. The predicted molar refractivity (Wildman–Crippen MR) is 80.2 cm³/mol. The van der Waals surface area contributed by atoms with Gasteiger partial charge in [0.15, 0.2) is 0 Å². The summed E-state index contributed by atoms with van der Waals surface area (Å²) in [4.78, 5) is 3.72. The number of thiophene rings is 1. The summed E-state index contributed by atoms with van der Waals surface area (Å²) in [5, 5.41) is 5.53. The molecule has 1 aromatic carbocycles. The van der Waals surface area contributed by atoms with Gasteiger partial charge in [-0.25, -0.2) is 0 Å². The fourth-order valence-electron chi connectivity index (χ4n) is 2.01. The average molecular weight is 260 g/mol. The molecule has 0 spiro atoms. The molecule has 0 amide bonds. The Morgan fingerprint density at radius 2 is 2.00 bits per heavy atom. The number of nitrogens with one attached hydrogen (secondary N) is 1. The van der Waals surface area contributed by atoms with Crippen molar-refractivity contribution in [2.75, 3.05) is 18.5 Å². The van der Waals surface area contributed by atoms with Crippen molar-refractivity contribution in [3.05, 3.63) is 52.2 Å². The largest absolute Gasteiger partial charge is 0.369 e. The van der Waals surface area contributed by atoms with E-state index in [-0.39, 0.29) is 0 Å². The van der Waals surface area contributed by atoms with Crippen molar-refractivity contribution in [2.24, 2.45) is 0 Å². The first-order valence-electron chi connectivity index (χ1n) is 6.33. The lowest BCUT2D eigenvalue weighted by Crippen LogP contribution is -2.20. The molecule has 0 saturated heterocycles. The zero-order chi connectivity index (χ0) is 12.8. The molecule has 3 heteroatoms. The molecule has 0 aliphatic heterocycles. The van der Waals surface area contributed by atoms with Gasteiger partial charge >= 0.3 is 0 Å². The Morgan fingerprint density at radius 3 is 2.72 bits per heavy atom. The van der Waals surface area contributed by atoms with E-state index in [1.807, 2.05) is 11.3 Å². The summed E-state index contributed by atoms with van der Waals surface area (Å²) in [7, 11) is 2.16. The van der Waals surface area contributed by atoms with Gasteiger partial charge in [0.2, 0.25) is 0 Å². The minimum atomic E-state index is 0.932. The Morgan fingerprint density at radius 1 is 1.17 bits per heavy atom. The maximum absolute atomic E-state index is 3.39. The molecule has 0 bridgehead atoms. The lowest BCUT2D eigenvalue weighted by Gasteiger charge is -2.22. The van der Waals surface area contributed by atoms with Crippen molar-refractivity contribution in [3.63, 3.8) is 0 Å². The molecule has 96 valence electrons. The zero-order valence-electron chi connectivity index (χ0n) is 11.0. The molecule has 0 aliphatic rings. The van der Waals surface area contributed by atoms with Crippen LogP contribution >= 0.6 is 11.3 Å². The summed E-state index contributed by atoms with van der Waals surface area (Å²) >= 11 is 1.81. The van der Waals surface area contributed by atoms with E-state index >= 15 is 0 Å². The summed E-state index contributed by atoms with van der Waals surface area (Å²) < 4.78 is 0. The van der Waals surface area contributed by atoms with E-state index in [0.29, 0.717) is 0 Å². The SMILES string of the molecule is CCNCc1ccccc1N(C)Cc1cccs1. The summed E-state index contributed by atoms with van der Waals surface area (Å²) in [6, 6.07) is 12.9. The molecule has 2 rings (SSSR count). The molecule has 0 unspecified atom stereocenters. The number of hydrogen-bond donors (Lipinski definition) is 1. The van der Waals surface area contributed by atoms with E-state index < -0.39 is 0 Å². The molecule has 2 nitrogen and oxygen atoms in total. The van der Waals surface area contributed by atoms with Crippen molar-refractivity contribution in [2.45, 2.75) is 20.0 Å². The van der Waals surface area contributed by atoms with Crippen LogP contribution < -0.4 is 10.2 Å². The van der Waals surface area contributed by atoms with Gasteiger partial charge in [0.25, 0.3) is 0 Å². The van der Waals surface area contributed by atoms with Crippen molar-refractivity contribution < 1.29 is 0 Å². The van der Waals surface area contributed by atoms with Crippen molar-refractivity contribution in [1.29, 1.82) is 0 Å². The fraction of sp³-hybridized carbons (Fsp3) is 0.333. The first kappa shape index (κ1) is 13.1. The third-order valence-corrected chi connectivity index (χ3v) is 3.80. The molecule has 1 N–H and O–H groups in total. The summed E-state index contributed by atoms with van der Waals surface area (Å²) in [5.74, 6) is 0. The zero-order valence-corrected chi connectivity index (χ0v) is 11.8. The second-order valence-corrected chi connectivity index (χ2v) is 5.38. The Hall–Kier alpha value is -1.32. The van der Waals surface area contributed by atoms with Gasteiger partial charge in [-0.05, 0) is 29.6 Å². The van der Waals surface area contributed by atoms with Crippen LogP contribution in [0.15, 0.2) is 41.8 Å². The molecule has 0 radical (unpaired) electrons. The normalized spacial score (nSPS) is 10.6. The minimum absolute atomic E-state index is 0.932. The number of hydrogen-bond acceptors (Lipinski definition) is 3. The van der Waals surface area contributed by atoms with Crippen LogP contribution in [-0.2, 0) is 13.1 Å². The third-order valence-electron chi connectivity index (χ3n) is 2.94. The highest BCUT2D eigenvalue weighted by Crippen LogP contribution is 2.22. The maximum atomic E-state index is 3.39. The monoisotopic (exact) mass is 260 g/mol. The first-order chi connectivity index (χ1) is 8.81. The van der Waals surface area contributed by atoms with Crippen LogP contribution in [0, 0.1) is 0 Å². The molecule has 0 atom stereocenters. The van der Waals surface area contributed by atoms with E-state index in [9.17, 15) is 0 Å². The maximum Gasteiger partial charge on any atom is 0.0519 e. The quantitative estimate of drug-likeness (QED) is 0.855. The number of nitrogens with zero attached hydrogens (tertiary/aromatic N) is 1. The Balaban J connectivity index is 2.11. The van der Waals surface area contributed by atoms with Crippen LogP contribution in [0.4, 0.5) is 5.69 Å². The average Bonchev–Trinajstić information content (AvgIpc) is 2.89. The van der Waals surface area contributed by atoms with E-state index in [1.54, 1.807) is 0 Å². The first-order valence-corrected chi connectivity index (χ1v) is 7.21. The van der Waals surface area contributed by atoms with Crippen molar-refractivity contribution in [3.8, 4) is 0 Å². The van der Waals surface area contributed by atoms with Gasteiger partial charge < -0.3 is 10.2 Å². The highest BCUT2D eigenvalue weighted by atomic mass is 32.1. The highest BCUT2D eigenvalue weighted by molar-refractivity contribution is 7.09. The topological polar surface area (TPSA) is 15.3 Å². The van der Waals surface area contributed by atoms with Crippen molar-refractivity contribution in [1.82, 2.24) is 5.32 Å². The van der Waals surface area contributed by atoms with Crippen LogP contribution in [0.3, 0.4) is 0 Å². The lowest BCUT2D eigenvalue weighted by atomic mass is 10.1. The number of anilines is 1. The summed E-state index contributed by atoms with van der Waals surface area (Å²) in [6.07, 6.45) is 0. The van der Waals surface area contributed by atoms with E-state index in [4.69, 9.17) is 0 Å². The standard InChI is InChI=1S/C15H20N2S/c1-3-16-11-13-7-4-5-9-15(13)17(2)12-14-8-6-10-18-14/h4-10,16H,3,11-12H2,1-2H3. The molecule has 0 fully saturated rings. The number of para-hydroxylation sites is 1. The van der Waals surface area contributed by atoms with Gasteiger partial charge in [0.1, 0.15) is 0 Å². The summed E-state index contributed by atoms with van der Waals surface area (Å²) in [6.45, 7) is 5.04. The van der Waals surface area contributed by atoms with E-state index in [1.165, 1.54) is 16.1 Å².